The molecule has 25 heavy (non-hydrogen) atoms. The second-order valence-electron chi connectivity index (χ2n) is 6.15. The van der Waals surface area contributed by atoms with Gasteiger partial charge in [-0.15, -0.1) is 0 Å². The number of carbonyl (C=O) groups is 1. The van der Waals surface area contributed by atoms with Crippen molar-refractivity contribution in [2.24, 2.45) is 0 Å². The molecular weight excluding hydrogens is 343 g/mol. The molecule has 1 aromatic heterocycles. The Kier molecular flexibility index (Phi) is 6.00. The Morgan fingerprint density at radius 2 is 2.24 bits per heavy atom. The number of nitrogens with zero attached hydrogens (tertiary/aromatic N) is 2. The Balaban J connectivity index is 1.54. The van der Waals surface area contributed by atoms with Gasteiger partial charge in [-0.2, -0.15) is 0 Å². The molecule has 3 rings (SSSR count). The molecule has 4 nitrogen and oxygen atoms in total. The zero-order valence-electron chi connectivity index (χ0n) is 13.8. The Bertz CT molecular complexity index is 727. The number of likely N-dealkylation sites (tertiary alicyclic amines) is 1. The van der Waals surface area contributed by atoms with Gasteiger partial charge in [0, 0.05) is 24.3 Å². The van der Waals surface area contributed by atoms with Crippen LogP contribution in [0.25, 0.3) is 0 Å². The monoisotopic (exact) mass is 362 g/mol. The fourth-order valence-electron chi connectivity index (χ4n) is 2.93. The van der Waals surface area contributed by atoms with Crippen LogP contribution in [0, 0.1) is 5.82 Å². The van der Waals surface area contributed by atoms with Crippen LogP contribution in [0.2, 0.25) is 5.02 Å². The van der Waals surface area contributed by atoms with Gasteiger partial charge in [0.25, 0.3) is 0 Å². The number of aromatic nitrogens is 1. The highest BCUT2D eigenvalue weighted by molar-refractivity contribution is 6.31. The molecular formula is C19H20ClFN2O2. The van der Waals surface area contributed by atoms with Crippen LogP contribution >= 0.6 is 11.6 Å². The maximum atomic E-state index is 13.1. The molecule has 6 heteroatoms. The van der Waals surface area contributed by atoms with Gasteiger partial charge in [-0.05, 0) is 42.7 Å². The average molecular weight is 363 g/mol. The highest BCUT2D eigenvalue weighted by atomic mass is 35.5. The van der Waals surface area contributed by atoms with Gasteiger partial charge >= 0.3 is 0 Å². The lowest BCUT2D eigenvalue weighted by Gasteiger charge is -2.32. The summed E-state index contributed by atoms with van der Waals surface area (Å²) in [6.07, 6.45) is 3.74. The molecule has 1 amide bonds. The van der Waals surface area contributed by atoms with Crippen molar-refractivity contribution in [1.29, 1.82) is 0 Å². The van der Waals surface area contributed by atoms with Crippen LogP contribution in [0.5, 0.6) is 0 Å². The number of benzene rings is 1. The number of amides is 1. The van der Waals surface area contributed by atoms with Crippen molar-refractivity contribution in [2.75, 3.05) is 13.1 Å². The molecule has 1 saturated heterocycles. The molecule has 0 N–H and O–H groups in total. The van der Waals surface area contributed by atoms with Gasteiger partial charge in [-0.3, -0.25) is 9.78 Å². The Labute approximate surface area is 151 Å². The van der Waals surface area contributed by atoms with E-state index in [4.69, 9.17) is 16.3 Å². The molecule has 0 radical (unpaired) electrons. The summed E-state index contributed by atoms with van der Waals surface area (Å²) in [6, 6.07) is 9.83. The predicted molar refractivity (Wildman–Crippen MR) is 93.7 cm³/mol. The number of carbonyl (C=O) groups excluding carboxylic acids is 1. The molecule has 1 aliphatic heterocycles. The van der Waals surface area contributed by atoms with E-state index in [0.717, 1.165) is 18.5 Å². The van der Waals surface area contributed by atoms with Crippen molar-refractivity contribution < 1.29 is 13.9 Å². The van der Waals surface area contributed by atoms with Crippen LogP contribution in [0.1, 0.15) is 24.1 Å². The molecule has 132 valence electrons. The smallest absolute Gasteiger partial charge is 0.227 e. The molecule has 2 aromatic rings. The Morgan fingerprint density at radius 1 is 1.36 bits per heavy atom. The summed E-state index contributed by atoms with van der Waals surface area (Å²) in [4.78, 5) is 18.6. The summed E-state index contributed by atoms with van der Waals surface area (Å²) in [5.74, 6) is -0.415. The largest absolute Gasteiger partial charge is 0.370 e. The van der Waals surface area contributed by atoms with E-state index in [1.54, 1.807) is 17.2 Å². The van der Waals surface area contributed by atoms with Gasteiger partial charge in [0.15, 0.2) is 0 Å². The molecule has 1 unspecified atom stereocenters. The lowest BCUT2D eigenvalue weighted by molar-refractivity contribution is -0.134. The van der Waals surface area contributed by atoms with Gasteiger partial charge in [0.1, 0.15) is 5.82 Å². The van der Waals surface area contributed by atoms with Crippen LogP contribution in [0.3, 0.4) is 0 Å². The minimum Gasteiger partial charge on any atom is -0.370 e. The third kappa shape index (κ3) is 5.00. The Hall–Kier alpha value is -1.98. The summed E-state index contributed by atoms with van der Waals surface area (Å²) in [5.41, 5.74) is 1.52. The molecule has 0 bridgehead atoms. The predicted octanol–water partition coefficient (Wildman–Crippen LogP) is 3.62. The number of rotatable bonds is 5. The second kappa shape index (κ2) is 8.41. The zero-order chi connectivity index (χ0) is 17.6. The number of pyridine rings is 1. The van der Waals surface area contributed by atoms with E-state index < -0.39 is 5.82 Å². The number of piperidine rings is 1. The molecule has 1 aromatic carbocycles. The van der Waals surface area contributed by atoms with E-state index in [9.17, 15) is 9.18 Å². The van der Waals surface area contributed by atoms with Crippen LogP contribution in [0.15, 0.2) is 42.6 Å². The number of ether oxygens (including phenoxy) is 1. The van der Waals surface area contributed by atoms with Crippen molar-refractivity contribution in [1.82, 2.24) is 9.88 Å². The van der Waals surface area contributed by atoms with Crippen molar-refractivity contribution in [2.45, 2.75) is 32.0 Å². The highest BCUT2D eigenvalue weighted by Crippen LogP contribution is 2.20. The van der Waals surface area contributed by atoms with Gasteiger partial charge in [0.2, 0.25) is 5.91 Å². The van der Waals surface area contributed by atoms with E-state index in [1.165, 1.54) is 12.1 Å². The van der Waals surface area contributed by atoms with Crippen molar-refractivity contribution in [3.63, 3.8) is 0 Å². The average Bonchev–Trinajstić information content (AvgIpc) is 2.63. The topological polar surface area (TPSA) is 42.4 Å². The molecule has 0 spiro atoms. The van der Waals surface area contributed by atoms with Crippen LogP contribution < -0.4 is 0 Å². The summed E-state index contributed by atoms with van der Waals surface area (Å²) >= 11 is 6.02. The molecule has 1 atom stereocenters. The Morgan fingerprint density at radius 3 is 3.00 bits per heavy atom. The lowest BCUT2D eigenvalue weighted by Crippen LogP contribution is -2.43. The molecule has 1 aliphatic rings. The van der Waals surface area contributed by atoms with Gasteiger partial charge in [-0.25, -0.2) is 4.39 Å². The van der Waals surface area contributed by atoms with Crippen LogP contribution in [-0.2, 0) is 22.6 Å². The number of hydrogen-bond acceptors (Lipinski definition) is 3. The summed E-state index contributed by atoms with van der Waals surface area (Å²) in [7, 11) is 0. The van der Waals surface area contributed by atoms with E-state index in [0.29, 0.717) is 25.3 Å². The molecule has 0 saturated carbocycles. The summed E-state index contributed by atoms with van der Waals surface area (Å²) < 4.78 is 19.0. The molecule has 2 heterocycles. The number of halogens is 2. The first-order valence-electron chi connectivity index (χ1n) is 8.35. The zero-order valence-corrected chi connectivity index (χ0v) is 14.6. The molecule has 1 fully saturated rings. The second-order valence-corrected chi connectivity index (χ2v) is 6.56. The fourth-order valence-corrected chi connectivity index (χ4v) is 3.16. The SMILES string of the molecule is O=C(Cc1ccc(F)cc1Cl)N1CCCC(OCc2ccccn2)C1. The minimum atomic E-state index is -0.401. The summed E-state index contributed by atoms with van der Waals surface area (Å²) in [5, 5.41) is 0.285. The first-order chi connectivity index (χ1) is 12.1. The first-order valence-corrected chi connectivity index (χ1v) is 8.73. The van der Waals surface area contributed by atoms with Gasteiger partial charge in [0.05, 0.1) is 24.8 Å². The van der Waals surface area contributed by atoms with Crippen molar-refractivity contribution in [3.05, 3.63) is 64.7 Å². The highest BCUT2D eigenvalue weighted by Gasteiger charge is 2.24. The number of hydrogen-bond donors (Lipinski definition) is 0. The van der Waals surface area contributed by atoms with Crippen LogP contribution in [-0.4, -0.2) is 35.0 Å². The van der Waals surface area contributed by atoms with E-state index in [-0.39, 0.29) is 23.5 Å². The van der Waals surface area contributed by atoms with Gasteiger partial charge in [-0.1, -0.05) is 23.7 Å². The standard InChI is InChI=1S/C19H20ClFN2O2/c20-18-11-15(21)7-6-14(18)10-19(24)23-9-3-5-17(12-23)25-13-16-4-1-2-8-22-16/h1-2,4,6-8,11,17H,3,5,9-10,12-13H2. The summed E-state index contributed by atoms with van der Waals surface area (Å²) in [6.45, 7) is 1.71. The van der Waals surface area contributed by atoms with Crippen molar-refractivity contribution in [3.8, 4) is 0 Å². The quantitative estimate of drug-likeness (QED) is 0.815. The van der Waals surface area contributed by atoms with Crippen LogP contribution in [0.4, 0.5) is 4.39 Å². The third-order valence-electron chi connectivity index (χ3n) is 4.28. The third-order valence-corrected chi connectivity index (χ3v) is 4.63. The first kappa shape index (κ1) is 17.8. The maximum absolute atomic E-state index is 13.1. The fraction of sp³-hybridized carbons (Fsp3) is 0.368. The van der Waals surface area contributed by atoms with E-state index in [2.05, 4.69) is 4.98 Å². The normalized spacial score (nSPS) is 17.5. The van der Waals surface area contributed by atoms with Crippen molar-refractivity contribution >= 4 is 17.5 Å². The maximum Gasteiger partial charge on any atom is 0.227 e. The lowest BCUT2D eigenvalue weighted by atomic mass is 10.1. The van der Waals surface area contributed by atoms with Gasteiger partial charge < -0.3 is 9.64 Å². The van der Waals surface area contributed by atoms with E-state index in [1.807, 2.05) is 18.2 Å². The van der Waals surface area contributed by atoms with E-state index >= 15 is 0 Å². The molecule has 0 aliphatic carbocycles. The minimum absolute atomic E-state index is 0.00314.